The van der Waals surface area contributed by atoms with E-state index in [1.54, 1.807) is 43.3 Å². The lowest BCUT2D eigenvalue weighted by Gasteiger charge is -2.09. The molecule has 0 aliphatic carbocycles. The second-order valence-corrected chi connectivity index (χ2v) is 5.52. The van der Waals surface area contributed by atoms with Crippen LogP contribution in [0, 0.1) is 0 Å². The topological polar surface area (TPSA) is 78.4 Å². The van der Waals surface area contributed by atoms with Crippen LogP contribution in [0.4, 0.5) is 5.69 Å². The molecule has 5 nitrogen and oxygen atoms in total. The van der Waals surface area contributed by atoms with E-state index < -0.39 is 6.10 Å². The van der Waals surface area contributed by atoms with Gasteiger partial charge in [-0.1, -0.05) is 12.1 Å². The van der Waals surface area contributed by atoms with Crippen LogP contribution in [0.2, 0.25) is 0 Å². The highest BCUT2D eigenvalue weighted by Gasteiger charge is 2.10. The first kappa shape index (κ1) is 15.2. The van der Waals surface area contributed by atoms with E-state index >= 15 is 0 Å². The molecule has 1 aromatic heterocycles. The Balaban J connectivity index is 2.04. The minimum absolute atomic E-state index is 0.185. The van der Waals surface area contributed by atoms with E-state index in [4.69, 9.17) is 5.11 Å². The average Bonchev–Trinajstić information content (AvgIpc) is 2.99. The standard InChI is InChI=1S/C15H16N2O3S/c1-10(18)9-16-14(19)11-4-2-5-12(8-11)17-15(20)13-6-3-7-21-13/h2-8,10,18H,9H2,1H3,(H,16,19)(H,17,20). The number of carbonyl (C=O) groups excluding carboxylic acids is 2. The third kappa shape index (κ3) is 4.40. The van der Waals surface area contributed by atoms with Gasteiger partial charge in [0.05, 0.1) is 11.0 Å². The molecule has 0 saturated heterocycles. The molecule has 6 heteroatoms. The Kier molecular flexibility index (Phi) is 5.08. The van der Waals surface area contributed by atoms with Crippen molar-refractivity contribution in [2.45, 2.75) is 13.0 Å². The van der Waals surface area contributed by atoms with Crippen LogP contribution in [0.25, 0.3) is 0 Å². The Morgan fingerprint density at radius 3 is 2.71 bits per heavy atom. The van der Waals surface area contributed by atoms with Gasteiger partial charge in [-0.25, -0.2) is 0 Å². The van der Waals surface area contributed by atoms with Gasteiger partial charge in [0.1, 0.15) is 0 Å². The highest BCUT2D eigenvalue weighted by Crippen LogP contribution is 2.14. The average molecular weight is 304 g/mol. The van der Waals surface area contributed by atoms with Gasteiger partial charge in [-0.3, -0.25) is 9.59 Å². The third-order valence-electron chi connectivity index (χ3n) is 2.69. The van der Waals surface area contributed by atoms with Crippen molar-refractivity contribution in [3.05, 3.63) is 52.2 Å². The minimum atomic E-state index is -0.601. The summed E-state index contributed by atoms with van der Waals surface area (Å²) >= 11 is 1.35. The summed E-state index contributed by atoms with van der Waals surface area (Å²) in [6.45, 7) is 1.78. The highest BCUT2D eigenvalue weighted by atomic mass is 32.1. The molecule has 0 radical (unpaired) electrons. The van der Waals surface area contributed by atoms with Gasteiger partial charge in [0.15, 0.2) is 0 Å². The van der Waals surface area contributed by atoms with Crippen LogP contribution >= 0.6 is 11.3 Å². The predicted molar refractivity (Wildman–Crippen MR) is 82.7 cm³/mol. The van der Waals surface area contributed by atoms with Crippen molar-refractivity contribution in [1.29, 1.82) is 0 Å². The molecule has 2 amide bonds. The van der Waals surface area contributed by atoms with Crippen molar-refractivity contribution < 1.29 is 14.7 Å². The van der Waals surface area contributed by atoms with Crippen LogP contribution in [0.5, 0.6) is 0 Å². The molecule has 1 atom stereocenters. The molecule has 2 rings (SSSR count). The van der Waals surface area contributed by atoms with E-state index in [1.807, 2.05) is 5.38 Å². The van der Waals surface area contributed by atoms with Crippen molar-refractivity contribution in [2.24, 2.45) is 0 Å². The number of amides is 2. The second kappa shape index (κ2) is 7.01. The summed E-state index contributed by atoms with van der Waals surface area (Å²) in [6, 6.07) is 10.2. The molecule has 3 N–H and O–H groups in total. The summed E-state index contributed by atoms with van der Waals surface area (Å²) in [6.07, 6.45) is -0.601. The smallest absolute Gasteiger partial charge is 0.265 e. The van der Waals surface area contributed by atoms with Crippen LogP contribution in [-0.2, 0) is 0 Å². The Morgan fingerprint density at radius 2 is 2.05 bits per heavy atom. The van der Waals surface area contributed by atoms with E-state index in [0.717, 1.165) is 0 Å². The maximum atomic E-state index is 11.9. The predicted octanol–water partition coefficient (Wildman–Crippen LogP) is 2.11. The van der Waals surface area contributed by atoms with E-state index in [1.165, 1.54) is 11.3 Å². The van der Waals surface area contributed by atoms with Gasteiger partial charge < -0.3 is 15.7 Å². The van der Waals surface area contributed by atoms with Gasteiger partial charge in [0, 0.05) is 17.8 Å². The second-order valence-electron chi connectivity index (χ2n) is 4.57. The molecular formula is C15H16N2O3S. The van der Waals surface area contributed by atoms with Crippen molar-refractivity contribution in [2.75, 3.05) is 11.9 Å². The Labute approximate surface area is 126 Å². The number of nitrogens with one attached hydrogen (secondary N) is 2. The molecule has 0 fully saturated rings. The quantitative estimate of drug-likeness (QED) is 0.791. The number of aliphatic hydroxyl groups is 1. The van der Waals surface area contributed by atoms with Gasteiger partial charge in [-0.05, 0) is 36.6 Å². The fourth-order valence-electron chi connectivity index (χ4n) is 1.68. The molecule has 0 spiro atoms. The molecule has 0 aliphatic heterocycles. The van der Waals surface area contributed by atoms with Crippen molar-refractivity contribution in [3.8, 4) is 0 Å². The zero-order valence-electron chi connectivity index (χ0n) is 11.5. The first-order chi connectivity index (χ1) is 10.1. The van der Waals surface area contributed by atoms with Gasteiger partial charge in [-0.2, -0.15) is 0 Å². The normalized spacial score (nSPS) is 11.7. The molecular weight excluding hydrogens is 288 g/mol. The lowest BCUT2D eigenvalue weighted by molar-refractivity contribution is 0.0923. The monoisotopic (exact) mass is 304 g/mol. The summed E-state index contributed by atoms with van der Waals surface area (Å²) < 4.78 is 0. The molecule has 1 aromatic carbocycles. The van der Waals surface area contributed by atoms with Crippen molar-refractivity contribution >= 4 is 28.8 Å². The first-order valence-electron chi connectivity index (χ1n) is 6.47. The lowest BCUT2D eigenvalue weighted by atomic mass is 10.2. The maximum absolute atomic E-state index is 11.9. The third-order valence-corrected chi connectivity index (χ3v) is 3.55. The van der Waals surface area contributed by atoms with E-state index in [-0.39, 0.29) is 18.4 Å². The van der Waals surface area contributed by atoms with Crippen LogP contribution in [0.1, 0.15) is 27.0 Å². The van der Waals surface area contributed by atoms with Gasteiger partial charge >= 0.3 is 0 Å². The maximum Gasteiger partial charge on any atom is 0.265 e. The Hall–Kier alpha value is -2.18. The number of benzene rings is 1. The van der Waals surface area contributed by atoms with Gasteiger partial charge in [-0.15, -0.1) is 11.3 Å². The number of hydrogen-bond donors (Lipinski definition) is 3. The fraction of sp³-hybridized carbons (Fsp3) is 0.200. The number of carbonyl (C=O) groups is 2. The molecule has 0 bridgehead atoms. The molecule has 1 heterocycles. The summed E-state index contributed by atoms with van der Waals surface area (Å²) in [4.78, 5) is 24.4. The number of aliphatic hydroxyl groups excluding tert-OH is 1. The van der Waals surface area contributed by atoms with E-state index in [2.05, 4.69) is 10.6 Å². The highest BCUT2D eigenvalue weighted by molar-refractivity contribution is 7.12. The Morgan fingerprint density at radius 1 is 1.24 bits per heavy atom. The van der Waals surface area contributed by atoms with Crippen LogP contribution in [0.3, 0.4) is 0 Å². The van der Waals surface area contributed by atoms with Crippen molar-refractivity contribution in [1.82, 2.24) is 5.32 Å². The van der Waals surface area contributed by atoms with Crippen LogP contribution < -0.4 is 10.6 Å². The summed E-state index contributed by atoms with van der Waals surface area (Å²) in [5, 5.41) is 16.3. The van der Waals surface area contributed by atoms with Crippen LogP contribution in [0.15, 0.2) is 41.8 Å². The number of anilines is 1. The lowest BCUT2D eigenvalue weighted by Crippen LogP contribution is -2.30. The van der Waals surface area contributed by atoms with Gasteiger partial charge in [0.2, 0.25) is 0 Å². The first-order valence-corrected chi connectivity index (χ1v) is 7.35. The van der Waals surface area contributed by atoms with Gasteiger partial charge in [0.25, 0.3) is 11.8 Å². The molecule has 0 aliphatic rings. The molecule has 2 aromatic rings. The van der Waals surface area contributed by atoms with E-state index in [0.29, 0.717) is 16.1 Å². The SMILES string of the molecule is CC(O)CNC(=O)c1cccc(NC(=O)c2cccs2)c1. The molecule has 1 unspecified atom stereocenters. The zero-order valence-corrected chi connectivity index (χ0v) is 12.3. The molecule has 21 heavy (non-hydrogen) atoms. The number of thiophene rings is 1. The summed E-state index contributed by atoms with van der Waals surface area (Å²) in [5.74, 6) is -0.491. The largest absolute Gasteiger partial charge is 0.392 e. The number of rotatable bonds is 5. The Bertz CT molecular complexity index is 624. The molecule has 110 valence electrons. The minimum Gasteiger partial charge on any atom is -0.392 e. The van der Waals surface area contributed by atoms with Crippen LogP contribution in [-0.4, -0.2) is 29.6 Å². The summed E-state index contributed by atoms with van der Waals surface area (Å²) in [7, 11) is 0. The van der Waals surface area contributed by atoms with E-state index in [9.17, 15) is 9.59 Å². The number of hydrogen-bond acceptors (Lipinski definition) is 4. The van der Waals surface area contributed by atoms with Crippen molar-refractivity contribution in [3.63, 3.8) is 0 Å². The molecule has 0 saturated carbocycles. The summed E-state index contributed by atoms with van der Waals surface area (Å²) in [5.41, 5.74) is 0.984. The fourth-order valence-corrected chi connectivity index (χ4v) is 2.30. The zero-order chi connectivity index (χ0) is 15.2.